The molecular weight excluding hydrogens is 266 g/mol. The molecule has 0 aliphatic carbocycles. The third kappa shape index (κ3) is 3.12. The van der Waals surface area contributed by atoms with E-state index in [9.17, 15) is 20.1 Å². The summed E-state index contributed by atoms with van der Waals surface area (Å²) in [4.78, 5) is 10.7. The van der Waals surface area contributed by atoms with Gasteiger partial charge in [-0.1, -0.05) is 0 Å². The minimum absolute atomic E-state index is 0.0203. The largest absolute Gasteiger partial charge is 0.480 e. The Bertz CT molecular complexity index is 305. The predicted octanol–water partition coefficient (Wildman–Crippen LogP) is -3.24. The average Bonchev–Trinajstić information content (AvgIpc) is 2.54. The molecule has 18 heavy (non-hydrogen) atoms. The minimum atomic E-state index is -2.15. The highest BCUT2D eigenvalue weighted by molar-refractivity contribution is 7.80. The van der Waals surface area contributed by atoms with Crippen molar-refractivity contribution in [2.24, 2.45) is 0 Å². The molecule has 1 aliphatic rings. The lowest BCUT2D eigenvalue weighted by atomic mass is 10.1. The first-order chi connectivity index (χ1) is 8.35. The molecule has 8 nitrogen and oxygen atoms in total. The number of aliphatic carboxylic acids is 1. The molecule has 0 aromatic carbocycles. The van der Waals surface area contributed by atoms with Gasteiger partial charge in [0.05, 0.1) is 13.2 Å². The molecule has 1 saturated heterocycles. The van der Waals surface area contributed by atoms with Crippen molar-refractivity contribution in [2.75, 3.05) is 18.9 Å². The van der Waals surface area contributed by atoms with Gasteiger partial charge in [-0.05, 0) is 0 Å². The number of carboxylic acid groups (broad SMARTS) is 1. The van der Waals surface area contributed by atoms with Gasteiger partial charge < -0.3 is 30.3 Å². The van der Waals surface area contributed by atoms with Gasteiger partial charge >= 0.3 is 5.97 Å². The summed E-state index contributed by atoms with van der Waals surface area (Å²) < 4.78 is 4.92. The first kappa shape index (κ1) is 15.6. The molecule has 0 radical (unpaired) electrons. The Balaban J connectivity index is 2.63. The Morgan fingerprint density at radius 3 is 2.50 bits per heavy atom. The summed E-state index contributed by atoms with van der Waals surface area (Å²) in [6, 6.07) is -1.03. The third-order valence-corrected chi connectivity index (χ3v) is 3.15. The molecule has 0 bridgehead atoms. The van der Waals surface area contributed by atoms with Crippen LogP contribution in [-0.2, 0) is 9.53 Å². The lowest BCUT2D eigenvalue weighted by Gasteiger charge is -2.27. The summed E-state index contributed by atoms with van der Waals surface area (Å²) in [6.45, 7) is -0.991. The molecule has 1 fully saturated rings. The number of nitrogens with one attached hydrogen (secondary N) is 1. The molecule has 106 valence electrons. The van der Waals surface area contributed by atoms with Gasteiger partial charge in [0.25, 0.3) is 0 Å². The highest BCUT2D eigenvalue weighted by atomic mass is 32.1. The molecular formula is C9H17NO7S. The second-order valence-corrected chi connectivity index (χ2v) is 4.44. The van der Waals surface area contributed by atoms with Crippen LogP contribution < -0.4 is 5.32 Å². The molecule has 1 heterocycles. The van der Waals surface area contributed by atoms with E-state index in [-0.39, 0.29) is 5.75 Å². The van der Waals surface area contributed by atoms with Crippen molar-refractivity contribution in [1.29, 1.82) is 0 Å². The lowest BCUT2D eigenvalue weighted by Crippen LogP contribution is -2.54. The Kier molecular flexibility index (Phi) is 5.34. The van der Waals surface area contributed by atoms with E-state index in [2.05, 4.69) is 17.9 Å². The maximum Gasteiger partial charge on any atom is 0.321 e. The van der Waals surface area contributed by atoms with Crippen molar-refractivity contribution in [3.05, 3.63) is 0 Å². The fraction of sp³-hybridized carbons (Fsp3) is 0.889. The molecule has 9 heteroatoms. The van der Waals surface area contributed by atoms with E-state index in [1.165, 1.54) is 0 Å². The Labute approximate surface area is 109 Å². The van der Waals surface area contributed by atoms with Gasteiger partial charge in [0.1, 0.15) is 24.4 Å². The van der Waals surface area contributed by atoms with E-state index >= 15 is 0 Å². The smallest absolute Gasteiger partial charge is 0.321 e. The molecule has 0 aromatic rings. The lowest BCUT2D eigenvalue weighted by molar-refractivity contribution is -0.227. The van der Waals surface area contributed by atoms with Crippen molar-refractivity contribution < 1.29 is 35.1 Å². The van der Waals surface area contributed by atoms with E-state index in [1.807, 2.05) is 0 Å². The van der Waals surface area contributed by atoms with Gasteiger partial charge in [0.2, 0.25) is 5.79 Å². The van der Waals surface area contributed by atoms with Gasteiger partial charge in [-0.25, -0.2) is 0 Å². The molecule has 0 spiro atoms. The number of thiol groups is 1. The van der Waals surface area contributed by atoms with Gasteiger partial charge in [0, 0.05) is 5.75 Å². The zero-order chi connectivity index (χ0) is 13.9. The third-order valence-electron chi connectivity index (χ3n) is 2.78. The number of aliphatic hydroxyl groups excluding tert-OH is 3. The SMILES string of the molecule is O=C(O)[C@H](CS)NC[C@@]1(O)O[C@H](CO)[C@@H](O)[C@@H]1O. The molecule has 1 rings (SSSR count). The molecule has 0 aromatic heterocycles. The van der Waals surface area contributed by atoms with Crippen LogP contribution in [0.25, 0.3) is 0 Å². The fourth-order valence-corrected chi connectivity index (χ4v) is 1.95. The molecule has 1 aliphatic heterocycles. The highest BCUT2D eigenvalue weighted by Crippen LogP contribution is 2.28. The van der Waals surface area contributed by atoms with Crippen LogP contribution in [0, 0.1) is 0 Å². The number of hydrogen-bond acceptors (Lipinski definition) is 8. The van der Waals surface area contributed by atoms with Crippen molar-refractivity contribution in [2.45, 2.75) is 30.1 Å². The number of hydrogen-bond donors (Lipinski definition) is 7. The van der Waals surface area contributed by atoms with Crippen LogP contribution in [0.3, 0.4) is 0 Å². The Hall–Kier alpha value is -0.420. The van der Waals surface area contributed by atoms with E-state index in [1.54, 1.807) is 0 Å². The zero-order valence-corrected chi connectivity index (χ0v) is 10.3. The van der Waals surface area contributed by atoms with Crippen LogP contribution in [-0.4, -0.2) is 80.5 Å². The molecule has 0 saturated carbocycles. The first-order valence-corrected chi connectivity index (χ1v) is 5.93. The number of carbonyl (C=O) groups is 1. The summed E-state index contributed by atoms with van der Waals surface area (Å²) in [5.41, 5.74) is 0. The van der Waals surface area contributed by atoms with Crippen molar-refractivity contribution >= 4 is 18.6 Å². The fourth-order valence-electron chi connectivity index (χ4n) is 1.66. The summed E-state index contributed by atoms with van der Waals surface area (Å²) in [5, 5.41) is 49.1. The van der Waals surface area contributed by atoms with Gasteiger partial charge in [-0.3, -0.25) is 10.1 Å². The van der Waals surface area contributed by atoms with Gasteiger partial charge in [0.15, 0.2) is 0 Å². The van der Waals surface area contributed by atoms with E-state index in [4.69, 9.17) is 14.9 Å². The van der Waals surface area contributed by atoms with E-state index in [0.29, 0.717) is 0 Å². The van der Waals surface area contributed by atoms with Crippen molar-refractivity contribution in [3.8, 4) is 0 Å². The summed E-state index contributed by atoms with van der Waals surface area (Å²) >= 11 is 3.82. The number of carboxylic acids is 1. The summed E-state index contributed by atoms with van der Waals surface area (Å²) in [7, 11) is 0. The van der Waals surface area contributed by atoms with Crippen LogP contribution >= 0.6 is 12.6 Å². The number of aliphatic hydroxyl groups is 4. The van der Waals surface area contributed by atoms with Gasteiger partial charge in [-0.15, -0.1) is 0 Å². The molecule has 6 N–H and O–H groups in total. The van der Waals surface area contributed by atoms with E-state index in [0.717, 1.165) is 0 Å². The second kappa shape index (κ2) is 6.15. The maximum atomic E-state index is 10.7. The zero-order valence-electron chi connectivity index (χ0n) is 9.43. The standard InChI is InChI=1S/C9H17NO7S/c11-1-5-6(12)7(13)9(16,17-5)3-10-4(2-18)8(14)15/h4-7,10-13,16,18H,1-3H2,(H,14,15)/t4-,5+,6+,7-,9+/m0/s1. The second-order valence-electron chi connectivity index (χ2n) is 4.07. The highest BCUT2D eigenvalue weighted by Gasteiger charge is 2.53. The molecule has 5 atom stereocenters. The van der Waals surface area contributed by atoms with Gasteiger partial charge in [-0.2, -0.15) is 12.6 Å². The van der Waals surface area contributed by atoms with Crippen molar-refractivity contribution in [1.82, 2.24) is 5.32 Å². The topological polar surface area (TPSA) is 139 Å². The Morgan fingerprint density at radius 2 is 2.11 bits per heavy atom. The first-order valence-electron chi connectivity index (χ1n) is 5.30. The molecule has 0 unspecified atom stereocenters. The summed E-state index contributed by atoms with van der Waals surface area (Å²) in [5.74, 6) is -3.34. The normalized spacial score (nSPS) is 37.7. The monoisotopic (exact) mass is 283 g/mol. The van der Waals surface area contributed by atoms with Crippen molar-refractivity contribution in [3.63, 3.8) is 0 Å². The maximum absolute atomic E-state index is 10.7. The Morgan fingerprint density at radius 1 is 1.50 bits per heavy atom. The van der Waals surface area contributed by atoms with Crippen LogP contribution in [0.15, 0.2) is 0 Å². The quantitative estimate of drug-likeness (QED) is 0.252. The average molecular weight is 283 g/mol. The van der Waals surface area contributed by atoms with Crippen LogP contribution in [0.1, 0.15) is 0 Å². The van der Waals surface area contributed by atoms with E-state index < -0.39 is 49.3 Å². The summed E-state index contributed by atoms with van der Waals surface area (Å²) in [6.07, 6.45) is -4.20. The van der Waals surface area contributed by atoms with Crippen LogP contribution in [0.2, 0.25) is 0 Å². The predicted molar refractivity (Wildman–Crippen MR) is 62.2 cm³/mol. The van der Waals surface area contributed by atoms with Crippen LogP contribution in [0.5, 0.6) is 0 Å². The molecule has 0 amide bonds. The van der Waals surface area contributed by atoms with Crippen LogP contribution in [0.4, 0.5) is 0 Å². The number of ether oxygens (including phenoxy) is 1. The number of rotatable bonds is 6. The minimum Gasteiger partial charge on any atom is -0.480 e.